The number of methoxy groups -OCH3 is 1. The zero-order valence-corrected chi connectivity index (χ0v) is 14.6. The molecule has 0 bridgehead atoms. The Morgan fingerprint density at radius 1 is 1.25 bits per heavy atom. The molecule has 2 rings (SSSR count). The predicted molar refractivity (Wildman–Crippen MR) is 94.3 cm³/mol. The first-order valence-corrected chi connectivity index (χ1v) is 7.94. The summed E-state index contributed by atoms with van der Waals surface area (Å²) in [5, 5.41) is 2.93. The molecule has 3 N–H and O–H groups in total. The van der Waals surface area contributed by atoms with Crippen LogP contribution in [0.1, 0.15) is 25.7 Å². The normalized spacial score (nSPS) is 19.2. The van der Waals surface area contributed by atoms with Crippen LogP contribution in [0, 0.1) is 11.8 Å². The fourth-order valence-corrected chi connectivity index (χ4v) is 2.89. The molecule has 1 amide bonds. The number of hydrogen-bond donors (Lipinski definition) is 2. The first kappa shape index (κ1) is 20.3. The monoisotopic (exact) mass is 356 g/mol. The van der Waals surface area contributed by atoms with Gasteiger partial charge in [0.15, 0.2) is 0 Å². The molecule has 7 heteroatoms. The lowest BCUT2D eigenvalue weighted by atomic mass is 9.95. The van der Waals surface area contributed by atoms with Gasteiger partial charge in [0.05, 0.1) is 20.1 Å². The SMILES string of the molecule is COC(=O)CCOc1ccc(NC(=O)[C@@H]2CCC[C@@H]2CN)cc1.Cl. The van der Waals surface area contributed by atoms with Crippen molar-refractivity contribution < 1.29 is 19.1 Å². The summed E-state index contributed by atoms with van der Waals surface area (Å²) in [7, 11) is 1.35. The lowest BCUT2D eigenvalue weighted by Crippen LogP contribution is -2.29. The first-order chi connectivity index (χ1) is 11.1. The molecule has 1 aliphatic rings. The second-order valence-electron chi connectivity index (χ2n) is 5.72. The van der Waals surface area contributed by atoms with Crippen LogP contribution in [-0.4, -0.2) is 32.1 Å². The largest absolute Gasteiger partial charge is 0.493 e. The lowest BCUT2D eigenvalue weighted by Gasteiger charge is -2.17. The number of esters is 1. The van der Waals surface area contributed by atoms with Crippen molar-refractivity contribution in [2.24, 2.45) is 17.6 Å². The number of rotatable bonds is 7. The van der Waals surface area contributed by atoms with Crippen molar-refractivity contribution in [3.8, 4) is 5.75 Å². The van der Waals surface area contributed by atoms with Gasteiger partial charge < -0.3 is 20.5 Å². The second-order valence-corrected chi connectivity index (χ2v) is 5.72. The van der Waals surface area contributed by atoms with E-state index in [-0.39, 0.29) is 49.1 Å². The molecular weight excluding hydrogens is 332 g/mol. The van der Waals surface area contributed by atoms with Crippen molar-refractivity contribution in [1.29, 1.82) is 0 Å². The molecule has 1 saturated carbocycles. The molecule has 1 fully saturated rings. The number of halogens is 1. The molecule has 0 heterocycles. The van der Waals surface area contributed by atoms with E-state index in [0.29, 0.717) is 12.3 Å². The van der Waals surface area contributed by atoms with Crippen LogP contribution in [0.3, 0.4) is 0 Å². The predicted octanol–water partition coefficient (Wildman–Crippen LogP) is 2.36. The number of hydrogen-bond acceptors (Lipinski definition) is 5. The number of anilines is 1. The van der Waals surface area contributed by atoms with Crippen LogP contribution < -0.4 is 15.8 Å². The summed E-state index contributed by atoms with van der Waals surface area (Å²) in [6.45, 7) is 0.823. The van der Waals surface area contributed by atoms with Crippen LogP contribution in [-0.2, 0) is 14.3 Å². The van der Waals surface area contributed by atoms with Gasteiger partial charge in [0.2, 0.25) is 5.91 Å². The third-order valence-electron chi connectivity index (χ3n) is 4.22. The summed E-state index contributed by atoms with van der Waals surface area (Å²) in [5.74, 6) is 0.678. The van der Waals surface area contributed by atoms with Gasteiger partial charge in [-0.1, -0.05) is 6.42 Å². The minimum absolute atomic E-state index is 0. The summed E-state index contributed by atoms with van der Waals surface area (Å²) >= 11 is 0. The van der Waals surface area contributed by atoms with Crippen molar-refractivity contribution in [3.63, 3.8) is 0 Å². The number of nitrogens with two attached hydrogens (primary N) is 1. The molecule has 1 aromatic rings. The van der Waals surface area contributed by atoms with E-state index in [4.69, 9.17) is 10.5 Å². The molecule has 0 aliphatic heterocycles. The maximum absolute atomic E-state index is 12.3. The second kappa shape index (κ2) is 10.2. The Morgan fingerprint density at radius 3 is 2.58 bits per heavy atom. The standard InChI is InChI=1S/C17H24N2O4.ClH/c1-22-16(20)9-10-23-14-7-5-13(6-8-14)19-17(21)15-4-2-3-12(15)11-18;/h5-8,12,15H,2-4,9-11,18H2,1H3,(H,19,21);1H/t12-,15-;/m1./s1. The van der Waals surface area contributed by atoms with Crippen molar-refractivity contribution in [2.75, 3.05) is 25.6 Å². The molecule has 0 unspecified atom stereocenters. The Morgan fingerprint density at radius 2 is 1.96 bits per heavy atom. The maximum atomic E-state index is 12.3. The van der Waals surface area contributed by atoms with E-state index in [1.165, 1.54) is 7.11 Å². The quantitative estimate of drug-likeness (QED) is 0.732. The zero-order chi connectivity index (χ0) is 16.7. The molecule has 134 valence electrons. The zero-order valence-electron chi connectivity index (χ0n) is 13.8. The van der Waals surface area contributed by atoms with E-state index in [1.807, 2.05) is 0 Å². The molecule has 2 atom stereocenters. The summed E-state index contributed by atoms with van der Waals surface area (Å²) < 4.78 is 9.98. The topological polar surface area (TPSA) is 90.6 Å². The van der Waals surface area contributed by atoms with Crippen molar-refractivity contribution in [1.82, 2.24) is 0 Å². The van der Waals surface area contributed by atoms with E-state index in [2.05, 4.69) is 10.1 Å². The highest BCUT2D eigenvalue weighted by molar-refractivity contribution is 5.93. The molecule has 0 saturated heterocycles. The van der Waals surface area contributed by atoms with Gasteiger partial charge in [-0.3, -0.25) is 9.59 Å². The third-order valence-corrected chi connectivity index (χ3v) is 4.22. The Labute approximate surface area is 148 Å². The van der Waals surface area contributed by atoms with E-state index in [0.717, 1.165) is 24.9 Å². The van der Waals surface area contributed by atoms with E-state index >= 15 is 0 Å². The fourth-order valence-electron chi connectivity index (χ4n) is 2.89. The maximum Gasteiger partial charge on any atom is 0.308 e. The van der Waals surface area contributed by atoms with Crippen LogP contribution in [0.15, 0.2) is 24.3 Å². The number of ether oxygens (including phenoxy) is 2. The Balaban J connectivity index is 0.00000288. The van der Waals surface area contributed by atoms with Gasteiger partial charge in [-0.2, -0.15) is 0 Å². The number of benzene rings is 1. The summed E-state index contributed by atoms with van der Waals surface area (Å²) in [6.07, 6.45) is 3.20. The number of amides is 1. The van der Waals surface area contributed by atoms with E-state index in [9.17, 15) is 9.59 Å². The van der Waals surface area contributed by atoms with Crippen molar-refractivity contribution in [3.05, 3.63) is 24.3 Å². The summed E-state index contributed by atoms with van der Waals surface area (Å²) in [4.78, 5) is 23.3. The first-order valence-electron chi connectivity index (χ1n) is 7.94. The number of nitrogens with one attached hydrogen (secondary N) is 1. The van der Waals surface area contributed by atoms with E-state index in [1.54, 1.807) is 24.3 Å². The van der Waals surface area contributed by atoms with Gasteiger partial charge in [0, 0.05) is 11.6 Å². The van der Waals surface area contributed by atoms with Crippen molar-refractivity contribution in [2.45, 2.75) is 25.7 Å². The molecule has 1 aromatic carbocycles. The highest BCUT2D eigenvalue weighted by Gasteiger charge is 2.31. The lowest BCUT2D eigenvalue weighted by molar-refractivity contribution is -0.141. The van der Waals surface area contributed by atoms with Crippen molar-refractivity contribution >= 4 is 30.0 Å². The van der Waals surface area contributed by atoms with Crippen LogP contribution in [0.2, 0.25) is 0 Å². The fraction of sp³-hybridized carbons (Fsp3) is 0.529. The Bertz CT molecular complexity index is 536. The van der Waals surface area contributed by atoms with Gasteiger partial charge in [0.25, 0.3) is 0 Å². The number of carbonyl (C=O) groups is 2. The average Bonchev–Trinajstić information content (AvgIpc) is 3.05. The van der Waals surface area contributed by atoms with Crippen LogP contribution in [0.25, 0.3) is 0 Å². The number of carbonyl (C=O) groups excluding carboxylic acids is 2. The minimum atomic E-state index is -0.306. The van der Waals surface area contributed by atoms with Gasteiger partial charge >= 0.3 is 5.97 Å². The third kappa shape index (κ3) is 5.69. The molecule has 6 nitrogen and oxygen atoms in total. The summed E-state index contributed by atoms with van der Waals surface area (Å²) in [6, 6.07) is 7.11. The molecule has 0 spiro atoms. The van der Waals surface area contributed by atoms with Gasteiger partial charge in [-0.25, -0.2) is 0 Å². The van der Waals surface area contributed by atoms with Gasteiger partial charge in [-0.05, 0) is 49.6 Å². The van der Waals surface area contributed by atoms with Crippen LogP contribution in [0.4, 0.5) is 5.69 Å². The average molecular weight is 357 g/mol. The highest BCUT2D eigenvalue weighted by atomic mass is 35.5. The summed E-state index contributed by atoms with van der Waals surface area (Å²) in [5.41, 5.74) is 6.46. The molecule has 0 aromatic heterocycles. The Kier molecular flexibility index (Phi) is 8.57. The Hall–Kier alpha value is -1.79. The molecule has 24 heavy (non-hydrogen) atoms. The molecule has 0 radical (unpaired) electrons. The molecule has 1 aliphatic carbocycles. The van der Waals surface area contributed by atoms with Crippen LogP contribution >= 0.6 is 12.4 Å². The minimum Gasteiger partial charge on any atom is -0.493 e. The smallest absolute Gasteiger partial charge is 0.308 e. The highest BCUT2D eigenvalue weighted by Crippen LogP contribution is 2.32. The van der Waals surface area contributed by atoms with E-state index < -0.39 is 0 Å². The van der Waals surface area contributed by atoms with Gasteiger partial charge in [-0.15, -0.1) is 12.4 Å². The molecular formula is C17H25ClN2O4. The van der Waals surface area contributed by atoms with Crippen LogP contribution in [0.5, 0.6) is 5.75 Å². The van der Waals surface area contributed by atoms with Gasteiger partial charge in [0.1, 0.15) is 5.75 Å².